The standard InChI is InChI=1S/C24H26N2O2/c1-28-23-14-8-13-20(17-23)15-16-25-24(27)26(18-21-9-4-2-5-10-21)19-22-11-6-3-7-12-22/h2-14,17H,15-16,18-19H2,1H3,(H,25,27). The van der Waals surface area contributed by atoms with Crippen molar-refractivity contribution in [3.63, 3.8) is 0 Å². The third kappa shape index (κ3) is 5.88. The maximum absolute atomic E-state index is 12.9. The Kier molecular flexibility index (Phi) is 7.08. The molecule has 0 aliphatic carbocycles. The molecule has 28 heavy (non-hydrogen) atoms. The van der Waals surface area contributed by atoms with Gasteiger partial charge >= 0.3 is 6.03 Å². The van der Waals surface area contributed by atoms with Crippen LogP contribution in [-0.2, 0) is 19.5 Å². The number of rotatable bonds is 8. The van der Waals surface area contributed by atoms with Crippen LogP contribution in [0.1, 0.15) is 16.7 Å². The summed E-state index contributed by atoms with van der Waals surface area (Å²) in [5.41, 5.74) is 3.36. The van der Waals surface area contributed by atoms with Crippen molar-refractivity contribution >= 4 is 6.03 Å². The van der Waals surface area contributed by atoms with E-state index in [4.69, 9.17) is 4.74 Å². The van der Waals surface area contributed by atoms with Gasteiger partial charge in [-0.3, -0.25) is 0 Å². The van der Waals surface area contributed by atoms with Gasteiger partial charge in [0.1, 0.15) is 5.75 Å². The van der Waals surface area contributed by atoms with Crippen LogP contribution in [-0.4, -0.2) is 24.6 Å². The van der Waals surface area contributed by atoms with Crippen LogP contribution in [0.4, 0.5) is 4.79 Å². The van der Waals surface area contributed by atoms with E-state index < -0.39 is 0 Å². The van der Waals surface area contributed by atoms with E-state index in [1.807, 2.05) is 89.8 Å². The minimum Gasteiger partial charge on any atom is -0.497 e. The minimum atomic E-state index is -0.0596. The Labute approximate surface area is 166 Å². The SMILES string of the molecule is COc1cccc(CCNC(=O)N(Cc2ccccc2)Cc2ccccc2)c1. The lowest BCUT2D eigenvalue weighted by Gasteiger charge is -2.23. The second kappa shape index (κ2) is 10.2. The van der Waals surface area contributed by atoms with Crippen LogP contribution in [0, 0.1) is 0 Å². The molecule has 4 nitrogen and oxygen atoms in total. The van der Waals surface area contributed by atoms with Crippen LogP contribution in [0.15, 0.2) is 84.9 Å². The van der Waals surface area contributed by atoms with Gasteiger partial charge in [0.05, 0.1) is 7.11 Å². The molecule has 2 amide bonds. The molecule has 3 rings (SSSR count). The molecule has 0 aliphatic heterocycles. The van der Waals surface area contributed by atoms with Crippen LogP contribution in [0.3, 0.4) is 0 Å². The van der Waals surface area contributed by atoms with Crippen molar-refractivity contribution in [1.82, 2.24) is 10.2 Å². The lowest BCUT2D eigenvalue weighted by Crippen LogP contribution is -2.40. The van der Waals surface area contributed by atoms with Crippen molar-refractivity contribution in [1.29, 1.82) is 0 Å². The Hall–Kier alpha value is -3.27. The third-order valence-corrected chi connectivity index (χ3v) is 4.54. The van der Waals surface area contributed by atoms with Gasteiger partial charge in [0.2, 0.25) is 0 Å². The molecule has 3 aromatic rings. The molecule has 0 bridgehead atoms. The number of nitrogens with zero attached hydrogens (tertiary/aromatic N) is 1. The fourth-order valence-electron chi connectivity index (χ4n) is 3.06. The number of carbonyl (C=O) groups excluding carboxylic acids is 1. The number of urea groups is 1. The number of carbonyl (C=O) groups is 1. The summed E-state index contributed by atoms with van der Waals surface area (Å²) in [6.45, 7) is 1.72. The van der Waals surface area contributed by atoms with Crippen molar-refractivity contribution < 1.29 is 9.53 Å². The Morgan fingerprint density at radius 1 is 0.821 bits per heavy atom. The fraction of sp³-hybridized carbons (Fsp3) is 0.208. The molecule has 0 heterocycles. The maximum atomic E-state index is 12.9. The van der Waals surface area contributed by atoms with E-state index in [2.05, 4.69) is 5.32 Å². The first-order valence-corrected chi connectivity index (χ1v) is 9.48. The smallest absolute Gasteiger partial charge is 0.318 e. The van der Waals surface area contributed by atoms with E-state index >= 15 is 0 Å². The second-order valence-electron chi connectivity index (χ2n) is 6.66. The first-order valence-electron chi connectivity index (χ1n) is 9.48. The molecular formula is C24H26N2O2. The summed E-state index contributed by atoms with van der Waals surface area (Å²) in [4.78, 5) is 14.7. The highest BCUT2D eigenvalue weighted by Gasteiger charge is 2.14. The number of ether oxygens (including phenoxy) is 1. The van der Waals surface area contributed by atoms with Gasteiger partial charge in [-0.15, -0.1) is 0 Å². The first-order chi connectivity index (χ1) is 13.7. The van der Waals surface area contributed by atoms with Gasteiger partial charge in [-0.05, 0) is 35.2 Å². The van der Waals surface area contributed by atoms with E-state index in [1.54, 1.807) is 7.11 Å². The summed E-state index contributed by atoms with van der Waals surface area (Å²) in [6.07, 6.45) is 0.757. The van der Waals surface area contributed by atoms with E-state index in [1.165, 1.54) is 0 Å². The molecule has 4 heteroatoms. The normalized spacial score (nSPS) is 10.3. The summed E-state index contributed by atoms with van der Waals surface area (Å²) in [5, 5.41) is 3.06. The molecular weight excluding hydrogens is 348 g/mol. The van der Waals surface area contributed by atoms with Gasteiger partial charge < -0.3 is 15.0 Å². The lowest BCUT2D eigenvalue weighted by atomic mass is 10.1. The van der Waals surface area contributed by atoms with E-state index in [-0.39, 0.29) is 6.03 Å². The molecule has 1 N–H and O–H groups in total. The fourth-order valence-corrected chi connectivity index (χ4v) is 3.06. The lowest BCUT2D eigenvalue weighted by molar-refractivity contribution is 0.192. The van der Waals surface area contributed by atoms with Crippen molar-refractivity contribution in [3.8, 4) is 5.75 Å². The van der Waals surface area contributed by atoms with E-state index in [0.717, 1.165) is 28.9 Å². The van der Waals surface area contributed by atoms with Gasteiger partial charge in [0.25, 0.3) is 0 Å². The predicted octanol–water partition coefficient (Wildman–Crippen LogP) is 4.65. The average molecular weight is 374 g/mol. The van der Waals surface area contributed by atoms with Crippen LogP contribution in [0.5, 0.6) is 5.75 Å². The first kappa shape index (κ1) is 19.5. The molecule has 3 aromatic carbocycles. The molecule has 0 radical (unpaired) electrons. The average Bonchev–Trinajstić information content (AvgIpc) is 2.75. The highest BCUT2D eigenvalue weighted by molar-refractivity contribution is 5.74. The maximum Gasteiger partial charge on any atom is 0.318 e. The molecule has 0 saturated heterocycles. The zero-order valence-electron chi connectivity index (χ0n) is 16.2. The molecule has 0 spiro atoms. The van der Waals surface area contributed by atoms with Gasteiger partial charge in [-0.2, -0.15) is 0 Å². The second-order valence-corrected chi connectivity index (χ2v) is 6.66. The van der Waals surface area contributed by atoms with Crippen molar-refractivity contribution in [2.75, 3.05) is 13.7 Å². The molecule has 144 valence electrons. The predicted molar refractivity (Wildman–Crippen MR) is 112 cm³/mol. The van der Waals surface area contributed by atoms with Gasteiger partial charge in [-0.25, -0.2) is 4.79 Å². The zero-order valence-corrected chi connectivity index (χ0v) is 16.2. The van der Waals surface area contributed by atoms with Gasteiger partial charge in [0, 0.05) is 19.6 Å². The molecule has 0 aromatic heterocycles. The van der Waals surface area contributed by atoms with Crippen molar-refractivity contribution in [2.24, 2.45) is 0 Å². The topological polar surface area (TPSA) is 41.6 Å². The quantitative estimate of drug-likeness (QED) is 0.624. The number of amides is 2. The Morgan fingerprint density at radius 2 is 1.39 bits per heavy atom. The number of methoxy groups -OCH3 is 1. The molecule has 0 unspecified atom stereocenters. The van der Waals surface area contributed by atoms with Crippen LogP contribution >= 0.6 is 0 Å². The van der Waals surface area contributed by atoms with Crippen LogP contribution in [0.2, 0.25) is 0 Å². The van der Waals surface area contributed by atoms with Crippen molar-refractivity contribution in [3.05, 3.63) is 102 Å². The Balaban J connectivity index is 1.62. The summed E-state index contributed by atoms with van der Waals surface area (Å²) in [6, 6.07) is 28.0. The number of nitrogens with one attached hydrogen (secondary N) is 1. The number of hydrogen-bond acceptors (Lipinski definition) is 2. The highest BCUT2D eigenvalue weighted by Crippen LogP contribution is 2.13. The molecule has 0 aliphatic rings. The number of benzene rings is 3. The molecule has 0 fully saturated rings. The summed E-state index contributed by atoms with van der Waals surface area (Å²) in [5.74, 6) is 0.832. The summed E-state index contributed by atoms with van der Waals surface area (Å²) < 4.78 is 5.26. The summed E-state index contributed by atoms with van der Waals surface area (Å²) in [7, 11) is 1.66. The molecule has 0 atom stereocenters. The van der Waals surface area contributed by atoms with Gasteiger partial charge in [-0.1, -0.05) is 72.8 Å². The minimum absolute atomic E-state index is 0.0596. The molecule has 0 saturated carbocycles. The van der Waals surface area contributed by atoms with Gasteiger partial charge in [0.15, 0.2) is 0 Å². The van der Waals surface area contributed by atoms with Crippen LogP contribution in [0.25, 0.3) is 0 Å². The van der Waals surface area contributed by atoms with Crippen molar-refractivity contribution in [2.45, 2.75) is 19.5 Å². The summed E-state index contributed by atoms with van der Waals surface area (Å²) >= 11 is 0. The highest BCUT2D eigenvalue weighted by atomic mass is 16.5. The Morgan fingerprint density at radius 3 is 1.96 bits per heavy atom. The van der Waals surface area contributed by atoms with Crippen LogP contribution < -0.4 is 10.1 Å². The monoisotopic (exact) mass is 374 g/mol. The number of hydrogen-bond donors (Lipinski definition) is 1. The largest absolute Gasteiger partial charge is 0.497 e. The Bertz CT molecular complexity index is 825. The third-order valence-electron chi connectivity index (χ3n) is 4.54. The van der Waals surface area contributed by atoms with E-state index in [9.17, 15) is 4.79 Å². The van der Waals surface area contributed by atoms with E-state index in [0.29, 0.717) is 19.6 Å². The zero-order chi connectivity index (χ0) is 19.6.